The highest BCUT2D eigenvalue weighted by atomic mass is 16.2. The van der Waals surface area contributed by atoms with Crippen LogP contribution in [0.2, 0.25) is 0 Å². The van der Waals surface area contributed by atoms with E-state index < -0.39 is 0 Å². The molecule has 1 N–H and O–H groups in total. The Morgan fingerprint density at radius 2 is 1.93 bits per heavy atom. The summed E-state index contributed by atoms with van der Waals surface area (Å²) in [4.78, 5) is 25.5. The Bertz CT molecular complexity index is 1230. The lowest BCUT2D eigenvalue weighted by atomic mass is 10.0. The van der Waals surface area contributed by atoms with Gasteiger partial charge in [-0.1, -0.05) is 30.7 Å². The second-order valence-corrected chi connectivity index (χ2v) is 8.14. The number of hydrogen-bond donors (Lipinski definition) is 1. The lowest BCUT2D eigenvalue weighted by Crippen LogP contribution is -2.33. The van der Waals surface area contributed by atoms with Gasteiger partial charge in [0.05, 0.1) is 40.7 Å². The number of H-pyrrole nitrogens is 1. The van der Waals surface area contributed by atoms with Crippen molar-refractivity contribution in [2.24, 2.45) is 5.92 Å². The number of aromatic amines is 1. The maximum Gasteiger partial charge on any atom is 0.256 e. The molecule has 0 radical (unpaired) electrons. The summed E-state index contributed by atoms with van der Waals surface area (Å²) >= 11 is 0. The van der Waals surface area contributed by atoms with Crippen LogP contribution < -0.4 is 0 Å². The van der Waals surface area contributed by atoms with Gasteiger partial charge in [0, 0.05) is 6.54 Å². The number of aromatic nitrogens is 5. The van der Waals surface area contributed by atoms with Crippen LogP contribution in [0.25, 0.3) is 16.7 Å². The minimum Gasteiger partial charge on any atom is -0.340 e. The van der Waals surface area contributed by atoms with Crippen molar-refractivity contribution in [3.05, 3.63) is 71.3 Å². The number of carbonyl (C=O) groups is 1. The number of para-hydroxylation sites is 1. The van der Waals surface area contributed by atoms with Crippen LogP contribution in [0.4, 0.5) is 0 Å². The van der Waals surface area contributed by atoms with E-state index in [0.717, 1.165) is 34.4 Å². The number of benzene rings is 2. The van der Waals surface area contributed by atoms with Crippen LogP contribution in [0.5, 0.6) is 0 Å². The molecule has 4 aromatic rings. The van der Waals surface area contributed by atoms with Crippen LogP contribution in [0.1, 0.15) is 46.7 Å². The number of amides is 1. The molecule has 0 bridgehead atoms. The van der Waals surface area contributed by atoms with E-state index in [0.29, 0.717) is 23.7 Å². The zero-order chi connectivity index (χ0) is 20.8. The van der Waals surface area contributed by atoms with Crippen molar-refractivity contribution in [3.8, 4) is 5.69 Å². The number of aryl methyl sites for hydroxylation is 2. The van der Waals surface area contributed by atoms with E-state index in [-0.39, 0.29) is 11.9 Å². The number of likely N-dealkylation sites (tertiary alicyclic amines) is 1. The highest BCUT2D eigenvalue weighted by molar-refractivity contribution is 5.98. The second kappa shape index (κ2) is 7.09. The van der Waals surface area contributed by atoms with Crippen molar-refractivity contribution in [1.82, 2.24) is 29.9 Å². The van der Waals surface area contributed by atoms with Gasteiger partial charge >= 0.3 is 0 Å². The molecule has 2 aromatic heterocycles. The molecule has 1 saturated heterocycles. The van der Waals surface area contributed by atoms with E-state index in [1.165, 1.54) is 4.80 Å². The molecule has 7 nitrogen and oxygen atoms in total. The Balaban J connectivity index is 1.57. The maximum absolute atomic E-state index is 13.7. The molecular weight excluding hydrogens is 376 g/mol. The Labute approximate surface area is 174 Å². The molecule has 0 aliphatic carbocycles. The number of rotatable bonds is 3. The van der Waals surface area contributed by atoms with Crippen LogP contribution >= 0.6 is 0 Å². The fraction of sp³-hybridized carbons (Fsp3) is 0.304. The summed E-state index contributed by atoms with van der Waals surface area (Å²) in [5.74, 6) is 1.15. The number of imidazole rings is 1. The van der Waals surface area contributed by atoms with Gasteiger partial charge in [-0.05, 0) is 49.9 Å². The Kier molecular flexibility index (Phi) is 4.38. The van der Waals surface area contributed by atoms with Crippen LogP contribution in [0.3, 0.4) is 0 Å². The van der Waals surface area contributed by atoms with Gasteiger partial charge in [-0.3, -0.25) is 4.79 Å². The van der Waals surface area contributed by atoms with E-state index >= 15 is 0 Å². The van der Waals surface area contributed by atoms with Crippen LogP contribution in [-0.4, -0.2) is 42.3 Å². The summed E-state index contributed by atoms with van der Waals surface area (Å²) in [6, 6.07) is 11.8. The van der Waals surface area contributed by atoms with E-state index in [1.54, 1.807) is 12.4 Å². The molecule has 0 saturated carbocycles. The van der Waals surface area contributed by atoms with Crippen LogP contribution in [-0.2, 0) is 0 Å². The predicted octanol–water partition coefficient (Wildman–Crippen LogP) is 3.98. The molecule has 0 spiro atoms. The van der Waals surface area contributed by atoms with Crippen molar-refractivity contribution >= 4 is 16.9 Å². The molecule has 152 valence electrons. The maximum atomic E-state index is 13.7. The molecule has 2 unspecified atom stereocenters. The summed E-state index contributed by atoms with van der Waals surface area (Å²) in [6.07, 6.45) is 4.17. The first-order valence-electron chi connectivity index (χ1n) is 10.3. The summed E-state index contributed by atoms with van der Waals surface area (Å²) in [7, 11) is 0. The molecule has 1 fully saturated rings. The predicted molar refractivity (Wildman–Crippen MR) is 114 cm³/mol. The standard InChI is InChI=1S/C23H24N6O/c1-14-7-8-19(29-24-10-11-25-29)17(13-14)23(30)28-12-9-16(3)21(28)22-26-18-6-4-5-15(2)20(18)27-22/h4-8,10-11,13,16,21H,9,12H2,1-3H3,(H,26,27). The van der Waals surface area contributed by atoms with Gasteiger partial charge in [-0.15, -0.1) is 0 Å². The summed E-state index contributed by atoms with van der Waals surface area (Å²) in [6.45, 7) is 6.93. The van der Waals surface area contributed by atoms with E-state index in [1.807, 2.05) is 42.2 Å². The average Bonchev–Trinajstić information content (AvgIpc) is 3.47. The Morgan fingerprint density at radius 3 is 2.70 bits per heavy atom. The monoisotopic (exact) mass is 400 g/mol. The van der Waals surface area contributed by atoms with Gasteiger partial charge < -0.3 is 9.88 Å². The normalized spacial score (nSPS) is 19.0. The molecule has 5 rings (SSSR count). The number of nitrogens with one attached hydrogen (secondary N) is 1. The molecule has 1 aliphatic rings. The van der Waals surface area contributed by atoms with E-state index in [4.69, 9.17) is 4.98 Å². The smallest absolute Gasteiger partial charge is 0.256 e. The van der Waals surface area contributed by atoms with Gasteiger partial charge in [0.1, 0.15) is 5.82 Å². The first kappa shape index (κ1) is 18.5. The van der Waals surface area contributed by atoms with Crippen LogP contribution in [0, 0.1) is 19.8 Å². The Morgan fingerprint density at radius 1 is 1.13 bits per heavy atom. The second-order valence-electron chi connectivity index (χ2n) is 8.14. The minimum atomic E-state index is -0.0942. The van der Waals surface area contributed by atoms with Gasteiger partial charge in [-0.25, -0.2) is 4.98 Å². The molecule has 2 atom stereocenters. The quantitative estimate of drug-likeness (QED) is 0.564. The fourth-order valence-electron chi connectivity index (χ4n) is 4.42. The highest BCUT2D eigenvalue weighted by Crippen LogP contribution is 2.38. The Hall–Kier alpha value is -3.48. The number of carbonyl (C=O) groups excluding carboxylic acids is 1. The average molecular weight is 400 g/mol. The first-order chi connectivity index (χ1) is 14.5. The summed E-state index contributed by atoms with van der Waals surface area (Å²) in [5.41, 5.74) is 5.43. The third kappa shape index (κ3) is 2.98. The SMILES string of the molecule is Cc1ccc(-n2nccn2)c(C(=O)N2CCC(C)C2c2nc3c(C)cccc3[nH]2)c1. The van der Waals surface area contributed by atoms with Crippen molar-refractivity contribution in [3.63, 3.8) is 0 Å². The number of hydrogen-bond acceptors (Lipinski definition) is 4. The van der Waals surface area contributed by atoms with Gasteiger partial charge in [0.25, 0.3) is 5.91 Å². The van der Waals surface area contributed by atoms with Crippen LogP contribution in [0.15, 0.2) is 48.8 Å². The van der Waals surface area contributed by atoms with E-state index in [2.05, 4.69) is 35.1 Å². The van der Waals surface area contributed by atoms with Crippen molar-refractivity contribution in [1.29, 1.82) is 0 Å². The topological polar surface area (TPSA) is 79.7 Å². The zero-order valence-corrected chi connectivity index (χ0v) is 17.3. The van der Waals surface area contributed by atoms with Gasteiger partial charge in [0.2, 0.25) is 0 Å². The summed E-state index contributed by atoms with van der Waals surface area (Å²) in [5, 5.41) is 8.47. The first-order valence-corrected chi connectivity index (χ1v) is 10.3. The fourth-order valence-corrected chi connectivity index (χ4v) is 4.42. The molecule has 3 heterocycles. The molecule has 1 amide bonds. The lowest BCUT2D eigenvalue weighted by Gasteiger charge is -2.26. The minimum absolute atomic E-state index is 0.0162. The van der Waals surface area contributed by atoms with Crippen molar-refractivity contribution in [2.75, 3.05) is 6.54 Å². The molecule has 30 heavy (non-hydrogen) atoms. The molecule has 7 heteroatoms. The molecule has 1 aliphatic heterocycles. The van der Waals surface area contributed by atoms with Gasteiger partial charge in [0.15, 0.2) is 0 Å². The third-order valence-electron chi connectivity index (χ3n) is 5.99. The van der Waals surface area contributed by atoms with Crippen molar-refractivity contribution in [2.45, 2.75) is 33.2 Å². The number of nitrogens with zero attached hydrogens (tertiary/aromatic N) is 5. The lowest BCUT2D eigenvalue weighted by molar-refractivity contribution is 0.0714. The number of fused-ring (bicyclic) bond motifs is 1. The van der Waals surface area contributed by atoms with E-state index in [9.17, 15) is 4.79 Å². The zero-order valence-electron chi connectivity index (χ0n) is 17.3. The van der Waals surface area contributed by atoms with Crippen molar-refractivity contribution < 1.29 is 4.79 Å². The third-order valence-corrected chi connectivity index (χ3v) is 5.99. The van der Waals surface area contributed by atoms with Gasteiger partial charge in [-0.2, -0.15) is 15.0 Å². The summed E-state index contributed by atoms with van der Waals surface area (Å²) < 4.78 is 0. The largest absolute Gasteiger partial charge is 0.340 e. The molecular formula is C23H24N6O. The molecule has 2 aromatic carbocycles. The highest BCUT2D eigenvalue weighted by Gasteiger charge is 2.38.